The van der Waals surface area contributed by atoms with Gasteiger partial charge in [0.25, 0.3) is 0 Å². The number of halogens is 1. The van der Waals surface area contributed by atoms with E-state index in [1.54, 1.807) is 6.07 Å². The lowest BCUT2D eigenvalue weighted by molar-refractivity contribution is 0.111. The summed E-state index contributed by atoms with van der Waals surface area (Å²) < 4.78 is 0. The SMILES string of the molecule is CCCc1cc(C=O)nc(Cl)n1. The van der Waals surface area contributed by atoms with Gasteiger partial charge < -0.3 is 0 Å². The quantitative estimate of drug-likeness (QED) is 0.532. The molecule has 0 aromatic carbocycles. The number of nitrogens with zero attached hydrogens (tertiary/aromatic N) is 2. The molecule has 0 saturated heterocycles. The molecular weight excluding hydrogens is 176 g/mol. The molecule has 0 spiro atoms. The molecule has 0 aliphatic rings. The second-order valence-corrected chi connectivity index (χ2v) is 2.76. The van der Waals surface area contributed by atoms with Crippen LogP contribution in [0.3, 0.4) is 0 Å². The predicted molar refractivity (Wildman–Crippen MR) is 46.4 cm³/mol. The van der Waals surface area contributed by atoms with Crippen LogP contribution in [0.1, 0.15) is 29.5 Å². The number of carbonyl (C=O) groups is 1. The third-order valence-electron chi connectivity index (χ3n) is 1.40. The van der Waals surface area contributed by atoms with E-state index in [4.69, 9.17) is 11.6 Å². The van der Waals surface area contributed by atoms with Crippen LogP contribution in [-0.2, 0) is 6.42 Å². The van der Waals surface area contributed by atoms with Crippen molar-refractivity contribution in [2.45, 2.75) is 19.8 Å². The van der Waals surface area contributed by atoms with Gasteiger partial charge in [-0.3, -0.25) is 4.79 Å². The van der Waals surface area contributed by atoms with E-state index in [-0.39, 0.29) is 5.28 Å². The molecule has 1 aromatic rings. The fraction of sp³-hybridized carbons (Fsp3) is 0.375. The fourth-order valence-electron chi connectivity index (χ4n) is 0.930. The highest BCUT2D eigenvalue weighted by Gasteiger charge is 2.00. The van der Waals surface area contributed by atoms with Crippen molar-refractivity contribution in [2.24, 2.45) is 0 Å². The van der Waals surface area contributed by atoms with Crippen LogP contribution in [0.15, 0.2) is 6.07 Å². The standard InChI is InChI=1S/C8H9ClN2O/c1-2-3-6-4-7(5-12)11-8(9)10-6/h4-5H,2-3H2,1H3. The smallest absolute Gasteiger partial charge is 0.223 e. The van der Waals surface area contributed by atoms with E-state index in [1.165, 1.54) is 0 Å². The van der Waals surface area contributed by atoms with Gasteiger partial charge in [0, 0.05) is 5.69 Å². The van der Waals surface area contributed by atoms with E-state index in [0.717, 1.165) is 18.5 Å². The first-order chi connectivity index (χ1) is 5.76. The van der Waals surface area contributed by atoms with Gasteiger partial charge in [-0.05, 0) is 24.1 Å². The molecule has 1 rings (SSSR count). The Morgan fingerprint density at radius 3 is 2.92 bits per heavy atom. The highest BCUT2D eigenvalue weighted by Crippen LogP contribution is 2.06. The third-order valence-corrected chi connectivity index (χ3v) is 1.57. The van der Waals surface area contributed by atoms with E-state index < -0.39 is 0 Å². The van der Waals surface area contributed by atoms with Crippen LogP contribution in [-0.4, -0.2) is 16.3 Å². The highest BCUT2D eigenvalue weighted by molar-refractivity contribution is 6.28. The monoisotopic (exact) mass is 184 g/mol. The van der Waals surface area contributed by atoms with E-state index in [0.29, 0.717) is 12.0 Å². The normalized spacial score (nSPS) is 9.83. The van der Waals surface area contributed by atoms with Crippen molar-refractivity contribution < 1.29 is 4.79 Å². The zero-order valence-corrected chi connectivity index (χ0v) is 7.51. The summed E-state index contributed by atoms with van der Waals surface area (Å²) in [5, 5.41) is 0.142. The lowest BCUT2D eigenvalue weighted by Crippen LogP contribution is -1.96. The number of rotatable bonds is 3. The summed E-state index contributed by atoms with van der Waals surface area (Å²) in [4.78, 5) is 18.1. The molecule has 12 heavy (non-hydrogen) atoms. The molecule has 0 unspecified atom stereocenters. The molecule has 0 fully saturated rings. The van der Waals surface area contributed by atoms with Crippen molar-refractivity contribution in [3.05, 3.63) is 22.7 Å². The first kappa shape index (κ1) is 9.13. The Balaban J connectivity index is 2.97. The van der Waals surface area contributed by atoms with Gasteiger partial charge in [-0.1, -0.05) is 13.3 Å². The molecule has 1 heterocycles. The largest absolute Gasteiger partial charge is 0.296 e. The van der Waals surface area contributed by atoms with Gasteiger partial charge in [0.1, 0.15) is 5.69 Å². The Hall–Kier alpha value is -0.960. The Kier molecular flexibility index (Phi) is 3.17. The number of aromatic nitrogens is 2. The predicted octanol–water partition coefficient (Wildman–Crippen LogP) is 1.90. The lowest BCUT2D eigenvalue weighted by atomic mass is 10.2. The first-order valence-corrected chi connectivity index (χ1v) is 4.12. The molecule has 3 nitrogen and oxygen atoms in total. The number of hydrogen-bond donors (Lipinski definition) is 0. The summed E-state index contributed by atoms with van der Waals surface area (Å²) >= 11 is 5.58. The van der Waals surface area contributed by atoms with Crippen molar-refractivity contribution in [1.82, 2.24) is 9.97 Å². The molecule has 0 amide bonds. The van der Waals surface area contributed by atoms with Crippen LogP contribution in [0.2, 0.25) is 5.28 Å². The summed E-state index contributed by atoms with van der Waals surface area (Å²) in [5.74, 6) is 0. The molecule has 0 aliphatic carbocycles. The van der Waals surface area contributed by atoms with Gasteiger partial charge >= 0.3 is 0 Å². The minimum Gasteiger partial charge on any atom is -0.296 e. The van der Waals surface area contributed by atoms with Crippen LogP contribution in [0.25, 0.3) is 0 Å². The molecule has 0 N–H and O–H groups in total. The summed E-state index contributed by atoms with van der Waals surface area (Å²) in [7, 11) is 0. The van der Waals surface area contributed by atoms with Gasteiger partial charge in [-0.2, -0.15) is 0 Å². The Morgan fingerprint density at radius 2 is 2.33 bits per heavy atom. The second kappa shape index (κ2) is 4.16. The van der Waals surface area contributed by atoms with Crippen LogP contribution in [0.5, 0.6) is 0 Å². The molecule has 0 atom stereocenters. The molecule has 1 aromatic heterocycles. The topological polar surface area (TPSA) is 42.9 Å². The third kappa shape index (κ3) is 2.27. The molecule has 64 valence electrons. The van der Waals surface area contributed by atoms with E-state index in [1.807, 2.05) is 6.92 Å². The highest BCUT2D eigenvalue weighted by atomic mass is 35.5. The summed E-state index contributed by atoms with van der Waals surface area (Å²) in [6.07, 6.45) is 2.47. The van der Waals surface area contributed by atoms with Gasteiger partial charge in [0.15, 0.2) is 6.29 Å². The molecule has 0 radical (unpaired) electrons. The first-order valence-electron chi connectivity index (χ1n) is 3.75. The maximum absolute atomic E-state index is 10.4. The van der Waals surface area contributed by atoms with Gasteiger partial charge in [-0.15, -0.1) is 0 Å². The van der Waals surface area contributed by atoms with Crippen molar-refractivity contribution >= 4 is 17.9 Å². The average molecular weight is 185 g/mol. The van der Waals surface area contributed by atoms with Crippen molar-refractivity contribution in [2.75, 3.05) is 0 Å². The van der Waals surface area contributed by atoms with Gasteiger partial charge in [-0.25, -0.2) is 9.97 Å². The second-order valence-electron chi connectivity index (χ2n) is 2.42. The molecule has 0 aliphatic heterocycles. The number of aryl methyl sites for hydroxylation is 1. The van der Waals surface area contributed by atoms with Crippen LogP contribution in [0.4, 0.5) is 0 Å². The fourth-order valence-corrected chi connectivity index (χ4v) is 1.14. The van der Waals surface area contributed by atoms with E-state index in [2.05, 4.69) is 9.97 Å². The molecule has 0 saturated carbocycles. The maximum atomic E-state index is 10.4. The molecular formula is C8H9ClN2O. The zero-order valence-electron chi connectivity index (χ0n) is 6.75. The lowest BCUT2D eigenvalue weighted by Gasteiger charge is -1.98. The van der Waals surface area contributed by atoms with Gasteiger partial charge in [0.2, 0.25) is 5.28 Å². The molecule has 4 heteroatoms. The van der Waals surface area contributed by atoms with Crippen LogP contribution >= 0.6 is 11.6 Å². The van der Waals surface area contributed by atoms with Crippen molar-refractivity contribution in [3.63, 3.8) is 0 Å². The van der Waals surface area contributed by atoms with Crippen LogP contribution < -0.4 is 0 Å². The Labute approximate surface area is 75.8 Å². The van der Waals surface area contributed by atoms with Crippen molar-refractivity contribution in [1.29, 1.82) is 0 Å². The van der Waals surface area contributed by atoms with Crippen molar-refractivity contribution in [3.8, 4) is 0 Å². The minimum absolute atomic E-state index is 0.142. The van der Waals surface area contributed by atoms with Crippen LogP contribution in [0, 0.1) is 0 Å². The Bertz CT molecular complexity index is 288. The Morgan fingerprint density at radius 1 is 1.58 bits per heavy atom. The van der Waals surface area contributed by atoms with E-state index >= 15 is 0 Å². The number of carbonyl (C=O) groups excluding carboxylic acids is 1. The zero-order chi connectivity index (χ0) is 8.97. The van der Waals surface area contributed by atoms with E-state index in [9.17, 15) is 4.79 Å². The maximum Gasteiger partial charge on any atom is 0.223 e. The molecule has 0 bridgehead atoms. The summed E-state index contributed by atoms with van der Waals surface area (Å²) in [5.41, 5.74) is 1.16. The average Bonchev–Trinajstić information content (AvgIpc) is 2.04. The minimum atomic E-state index is 0.142. The summed E-state index contributed by atoms with van der Waals surface area (Å²) in [6, 6.07) is 1.66. The van der Waals surface area contributed by atoms with Gasteiger partial charge in [0.05, 0.1) is 0 Å². The summed E-state index contributed by atoms with van der Waals surface area (Å²) in [6.45, 7) is 2.04. The number of hydrogen-bond acceptors (Lipinski definition) is 3. The number of aldehydes is 1.